The van der Waals surface area contributed by atoms with Crippen molar-refractivity contribution in [3.05, 3.63) is 47.6 Å². The molecule has 1 aromatic rings. The van der Waals surface area contributed by atoms with E-state index in [1.807, 2.05) is 18.2 Å². The monoisotopic (exact) mass is 418 g/mol. The van der Waals surface area contributed by atoms with Gasteiger partial charge in [-0.2, -0.15) is 0 Å². The molecule has 0 unspecified atom stereocenters. The molecule has 168 valence electrons. The molecular formula is C25H38O5. The molecule has 1 aliphatic rings. The zero-order valence-corrected chi connectivity index (χ0v) is 19.4. The topological polar surface area (TPSA) is 57.2 Å². The zero-order chi connectivity index (χ0) is 22.2. The maximum absolute atomic E-state index is 12.1. The van der Waals surface area contributed by atoms with Crippen LogP contribution in [0.1, 0.15) is 52.5 Å². The van der Waals surface area contributed by atoms with E-state index in [0.29, 0.717) is 17.9 Å². The number of methoxy groups -OCH3 is 2. The van der Waals surface area contributed by atoms with Gasteiger partial charge in [0.1, 0.15) is 11.5 Å². The third-order valence-electron chi connectivity index (χ3n) is 6.20. The number of hydrogen-bond donors (Lipinski definition) is 1. The second-order valence-electron chi connectivity index (χ2n) is 8.79. The Labute approximate surface area is 181 Å². The van der Waals surface area contributed by atoms with Crippen LogP contribution in [0, 0.1) is 11.3 Å². The third kappa shape index (κ3) is 5.87. The Balaban J connectivity index is 2.42. The average molecular weight is 419 g/mol. The largest absolute Gasteiger partial charge is 0.468 e. The predicted molar refractivity (Wildman–Crippen MR) is 120 cm³/mol. The fourth-order valence-corrected chi connectivity index (χ4v) is 4.31. The van der Waals surface area contributed by atoms with Crippen molar-refractivity contribution in [2.75, 3.05) is 27.8 Å². The first-order valence-corrected chi connectivity index (χ1v) is 10.7. The van der Waals surface area contributed by atoms with Crippen LogP contribution in [0.4, 0.5) is 0 Å². The highest BCUT2D eigenvalue weighted by molar-refractivity contribution is 5.42. The van der Waals surface area contributed by atoms with Crippen LogP contribution in [0.5, 0.6) is 11.5 Å². The molecule has 1 N–H and O–H groups in total. The van der Waals surface area contributed by atoms with Crippen molar-refractivity contribution in [2.24, 2.45) is 11.3 Å². The van der Waals surface area contributed by atoms with Gasteiger partial charge in [-0.05, 0) is 50.8 Å². The highest BCUT2D eigenvalue weighted by Crippen LogP contribution is 2.51. The van der Waals surface area contributed by atoms with Gasteiger partial charge < -0.3 is 24.1 Å². The van der Waals surface area contributed by atoms with Gasteiger partial charge in [0.25, 0.3) is 0 Å². The molecule has 5 heteroatoms. The summed E-state index contributed by atoms with van der Waals surface area (Å²) in [6.45, 7) is 8.78. The third-order valence-corrected chi connectivity index (χ3v) is 6.20. The van der Waals surface area contributed by atoms with E-state index in [1.54, 1.807) is 14.2 Å². The first kappa shape index (κ1) is 24.4. The van der Waals surface area contributed by atoms with Crippen molar-refractivity contribution >= 4 is 0 Å². The lowest BCUT2D eigenvalue weighted by molar-refractivity contribution is -0.118. The van der Waals surface area contributed by atoms with Crippen LogP contribution >= 0.6 is 0 Å². The number of rotatable bonds is 10. The molecule has 0 bridgehead atoms. The van der Waals surface area contributed by atoms with Crippen molar-refractivity contribution in [3.8, 4) is 11.5 Å². The Morgan fingerprint density at radius 3 is 2.53 bits per heavy atom. The van der Waals surface area contributed by atoms with Crippen LogP contribution in [0.3, 0.4) is 0 Å². The van der Waals surface area contributed by atoms with Crippen molar-refractivity contribution in [3.63, 3.8) is 0 Å². The summed E-state index contributed by atoms with van der Waals surface area (Å²) in [6, 6.07) is 5.64. The molecule has 0 heterocycles. The standard InChI is InChI=1S/C25H38O5/c1-19(2)9-7-13-24(4)14-8-10-20(3)25(24,26)16-21-15-22(29-17-27-5)11-12-23(21)30-18-28-6/h7,9,11-13,15,20,26H,8,10,14,16-18H2,1-6H3/b13-7+/t20-,24+,25-/m1/s1. The fourth-order valence-electron chi connectivity index (χ4n) is 4.31. The summed E-state index contributed by atoms with van der Waals surface area (Å²) < 4.78 is 21.6. The zero-order valence-electron chi connectivity index (χ0n) is 19.4. The number of allylic oxidation sites excluding steroid dienone is 3. The lowest BCUT2D eigenvalue weighted by Crippen LogP contribution is -2.54. The molecular weight excluding hydrogens is 380 g/mol. The molecule has 30 heavy (non-hydrogen) atoms. The molecule has 0 aromatic heterocycles. The van der Waals surface area contributed by atoms with Gasteiger partial charge in [0.05, 0.1) is 5.60 Å². The summed E-state index contributed by atoms with van der Waals surface area (Å²) in [4.78, 5) is 0. The first-order chi connectivity index (χ1) is 14.3. The van der Waals surface area contributed by atoms with Gasteiger partial charge in [-0.1, -0.05) is 44.1 Å². The molecule has 5 nitrogen and oxygen atoms in total. The molecule has 1 saturated carbocycles. The molecule has 1 fully saturated rings. The smallest absolute Gasteiger partial charge is 0.188 e. The molecule has 0 radical (unpaired) electrons. The Morgan fingerprint density at radius 2 is 1.87 bits per heavy atom. The molecule has 0 aliphatic heterocycles. The number of aliphatic hydroxyl groups is 1. The molecule has 3 atom stereocenters. The van der Waals surface area contributed by atoms with Gasteiger partial charge in [-0.15, -0.1) is 0 Å². The summed E-state index contributed by atoms with van der Waals surface area (Å²) in [5.74, 6) is 1.53. The Bertz CT molecular complexity index is 737. The summed E-state index contributed by atoms with van der Waals surface area (Å²) >= 11 is 0. The Hall–Kier alpha value is -1.82. The number of benzene rings is 1. The maximum atomic E-state index is 12.1. The SMILES string of the molecule is COCOc1ccc(OCOC)c(C[C@@]2(O)[C@H](C)CCC[C@]2(C)/C=C/C=C(C)C)c1. The van der Waals surface area contributed by atoms with Crippen molar-refractivity contribution in [1.82, 2.24) is 0 Å². The lowest BCUT2D eigenvalue weighted by atomic mass is 9.57. The van der Waals surface area contributed by atoms with Crippen molar-refractivity contribution < 1.29 is 24.1 Å². The second kappa shape index (κ2) is 11.0. The van der Waals surface area contributed by atoms with Crippen LogP contribution in [-0.2, 0) is 15.9 Å². The van der Waals surface area contributed by atoms with E-state index >= 15 is 0 Å². The van der Waals surface area contributed by atoms with Crippen molar-refractivity contribution in [1.29, 1.82) is 0 Å². The molecule has 1 aliphatic carbocycles. The van der Waals surface area contributed by atoms with Crippen LogP contribution in [-0.4, -0.2) is 38.5 Å². The number of hydrogen-bond acceptors (Lipinski definition) is 5. The second-order valence-corrected chi connectivity index (χ2v) is 8.79. The minimum absolute atomic E-state index is 0.145. The fraction of sp³-hybridized carbons (Fsp3) is 0.600. The average Bonchev–Trinajstić information content (AvgIpc) is 2.70. The lowest BCUT2D eigenvalue weighted by Gasteiger charge is -2.51. The van der Waals surface area contributed by atoms with Crippen molar-refractivity contribution in [2.45, 2.75) is 59.0 Å². The molecule has 0 amide bonds. The highest BCUT2D eigenvalue weighted by atomic mass is 16.7. The van der Waals surface area contributed by atoms with E-state index in [9.17, 15) is 5.11 Å². The molecule has 2 rings (SSSR count). The Kier molecular flexibility index (Phi) is 8.95. The molecule has 0 spiro atoms. The first-order valence-electron chi connectivity index (χ1n) is 10.7. The summed E-state index contributed by atoms with van der Waals surface area (Å²) in [5.41, 5.74) is 0.875. The van der Waals surface area contributed by atoms with E-state index < -0.39 is 5.60 Å². The Morgan fingerprint density at radius 1 is 1.17 bits per heavy atom. The van der Waals surface area contributed by atoms with Crippen LogP contribution in [0.15, 0.2) is 42.0 Å². The van der Waals surface area contributed by atoms with Crippen LogP contribution < -0.4 is 9.47 Å². The van der Waals surface area contributed by atoms with E-state index in [4.69, 9.17) is 18.9 Å². The summed E-state index contributed by atoms with van der Waals surface area (Å²) in [6.07, 6.45) is 9.86. The summed E-state index contributed by atoms with van der Waals surface area (Å²) in [5, 5.41) is 12.1. The van der Waals surface area contributed by atoms with E-state index in [2.05, 4.69) is 45.9 Å². The van der Waals surface area contributed by atoms with Crippen LogP contribution in [0.25, 0.3) is 0 Å². The van der Waals surface area contributed by atoms with Gasteiger partial charge >= 0.3 is 0 Å². The van der Waals surface area contributed by atoms with E-state index in [0.717, 1.165) is 24.8 Å². The molecule has 0 saturated heterocycles. The maximum Gasteiger partial charge on any atom is 0.188 e. The predicted octanol–water partition coefficient (Wildman–Crippen LogP) is 5.27. The van der Waals surface area contributed by atoms with Gasteiger partial charge in [0.15, 0.2) is 13.6 Å². The summed E-state index contributed by atoms with van der Waals surface area (Å²) in [7, 11) is 3.19. The van der Waals surface area contributed by atoms with E-state index in [1.165, 1.54) is 5.57 Å². The quantitative estimate of drug-likeness (QED) is 0.414. The minimum atomic E-state index is -0.914. The highest BCUT2D eigenvalue weighted by Gasteiger charge is 2.51. The van der Waals surface area contributed by atoms with E-state index in [-0.39, 0.29) is 24.9 Å². The van der Waals surface area contributed by atoms with Gasteiger partial charge in [0, 0.05) is 31.6 Å². The van der Waals surface area contributed by atoms with Gasteiger partial charge in [-0.25, -0.2) is 0 Å². The molecule has 1 aromatic carbocycles. The normalized spacial score (nSPS) is 26.6. The number of ether oxygens (including phenoxy) is 4. The van der Waals surface area contributed by atoms with Gasteiger partial charge in [-0.3, -0.25) is 0 Å². The van der Waals surface area contributed by atoms with Crippen LogP contribution in [0.2, 0.25) is 0 Å². The van der Waals surface area contributed by atoms with Gasteiger partial charge in [0.2, 0.25) is 0 Å². The minimum Gasteiger partial charge on any atom is -0.468 e.